The second-order valence-corrected chi connectivity index (χ2v) is 9.12. The summed E-state index contributed by atoms with van der Waals surface area (Å²) in [5.41, 5.74) is 3.24. The Balaban J connectivity index is 1.58. The Morgan fingerprint density at radius 3 is 2.60 bits per heavy atom. The van der Waals surface area contributed by atoms with Crippen LogP contribution in [0.25, 0.3) is 11.4 Å². The van der Waals surface area contributed by atoms with Gasteiger partial charge in [-0.05, 0) is 26.2 Å². The molecule has 5 heteroatoms. The number of hydrogen-bond acceptors (Lipinski definition) is 4. The van der Waals surface area contributed by atoms with Crippen molar-refractivity contribution in [1.29, 1.82) is 0 Å². The van der Waals surface area contributed by atoms with Crippen molar-refractivity contribution < 1.29 is 4.79 Å². The van der Waals surface area contributed by atoms with E-state index in [-0.39, 0.29) is 5.91 Å². The van der Waals surface area contributed by atoms with Gasteiger partial charge in [0.1, 0.15) is 5.82 Å². The van der Waals surface area contributed by atoms with Crippen molar-refractivity contribution in [3.05, 3.63) is 41.6 Å². The van der Waals surface area contributed by atoms with Crippen LogP contribution in [0.2, 0.25) is 0 Å². The lowest BCUT2D eigenvalue weighted by Gasteiger charge is -2.33. The largest absolute Gasteiger partial charge is 0.357 e. The van der Waals surface area contributed by atoms with Gasteiger partial charge in [0, 0.05) is 43.6 Å². The number of carbonyl (C=O) groups is 1. The van der Waals surface area contributed by atoms with E-state index in [2.05, 4.69) is 37.9 Å². The molecule has 1 amide bonds. The summed E-state index contributed by atoms with van der Waals surface area (Å²) in [5.74, 6) is 2.78. The van der Waals surface area contributed by atoms with Gasteiger partial charge in [0.05, 0.1) is 12.2 Å². The SMILES string of the molecule is CC(C)N(C)c1nc(-c2ccccc2)nc2c1CN(C(=O)CCC1CCCC1)CC2. The molecular formula is C25H34N4O. The van der Waals surface area contributed by atoms with Crippen molar-refractivity contribution in [3.8, 4) is 11.4 Å². The van der Waals surface area contributed by atoms with Crippen molar-refractivity contribution in [3.63, 3.8) is 0 Å². The normalized spacial score (nSPS) is 16.7. The van der Waals surface area contributed by atoms with Gasteiger partial charge in [-0.15, -0.1) is 0 Å². The molecule has 0 unspecified atom stereocenters. The average Bonchev–Trinajstić information content (AvgIpc) is 3.30. The van der Waals surface area contributed by atoms with Gasteiger partial charge in [-0.2, -0.15) is 0 Å². The van der Waals surface area contributed by atoms with Crippen molar-refractivity contribution in [2.75, 3.05) is 18.5 Å². The van der Waals surface area contributed by atoms with E-state index < -0.39 is 0 Å². The van der Waals surface area contributed by atoms with Gasteiger partial charge < -0.3 is 9.80 Å². The van der Waals surface area contributed by atoms with Crippen LogP contribution in [0.4, 0.5) is 5.82 Å². The van der Waals surface area contributed by atoms with Gasteiger partial charge in [0.25, 0.3) is 0 Å². The summed E-state index contributed by atoms with van der Waals surface area (Å²) in [4.78, 5) is 27.0. The van der Waals surface area contributed by atoms with Crippen LogP contribution in [-0.4, -0.2) is 40.4 Å². The Bertz CT molecular complexity index is 874. The maximum Gasteiger partial charge on any atom is 0.222 e. The number of rotatable bonds is 6. The standard InChI is InChI=1S/C25H34N4O/c1-18(2)28(3)25-21-17-29(23(30)14-13-19-9-7-8-10-19)16-15-22(21)26-24(27-25)20-11-5-4-6-12-20/h4-6,11-12,18-19H,7-10,13-17H2,1-3H3. The third-order valence-electron chi connectivity index (χ3n) is 6.77. The first-order chi connectivity index (χ1) is 14.5. The van der Waals surface area contributed by atoms with Crippen LogP contribution in [0.15, 0.2) is 30.3 Å². The lowest BCUT2D eigenvalue weighted by Crippen LogP contribution is -2.38. The van der Waals surface area contributed by atoms with E-state index in [4.69, 9.17) is 9.97 Å². The van der Waals surface area contributed by atoms with Gasteiger partial charge >= 0.3 is 0 Å². The molecular weight excluding hydrogens is 372 g/mol. The highest BCUT2D eigenvalue weighted by molar-refractivity contribution is 5.77. The monoisotopic (exact) mass is 406 g/mol. The predicted molar refractivity (Wildman–Crippen MR) is 121 cm³/mol. The maximum atomic E-state index is 12.9. The molecule has 5 nitrogen and oxygen atoms in total. The Kier molecular flexibility index (Phi) is 6.35. The lowest BCUT2D eigenvalue weighted by molar-refractivity contribution is -0.132. The molecule has 1 aromatic heterocycles. The number of anilines is 1. The molecule has 2 aromatic rings. The fourth-order valence-corrected chi connectivity index (χ4v) is 4.65. The Morgan fingerprint density at radius 2 is 1.90 bits per heavy atom. The second kappa shape index (κ2) is 9.15. The first kappa shape index (κ1) is 20.8. The molecule has 0 spiro atoms. The zero-order valence-electron chi connectivity index (χ0n) is 18.6. The Labute approximate surface area is 180 Å². The van der Waals surface area contributed by atoms with Crippen molar-refractivity contribution in [1.82, 2.24) is 14.9 Å². The molecule has 1 saturated carbocycles. The third kappa shape index (κ3) is 4.50. The minimum atomic E-state index is 0.290. The predicted octanol–water partition coefficient (Wildman–Crippen LogP) is 4.84. The molecule has 0 radical (unpaired) electrons. The summed E-state index contributed by atoms with van der Waals surface area (Å²) >= 11 is 0. The Hall–Kier alpha value is -2.43. The minimum absolute atomic E-state index is 0.290. The number of amides is 1. The zero-order valence-corrected chi connectivity index (χ0v) is 18.6. The summed E-state index contributed by atoms with van der Waals surface area (Å²) in [6.45, 7) is 5.72. The quantitative estimate of drug-likeness (QED) is 0.688. The molecule has 1 aromatic carbocycles. The lowest BCUT2D eigenvalue weighted by atomic mass is 10.00. The summed E-state index contributed by atoms with van der Waals surface area (Å²) in [6.07, 6.45) is 7.80. The Morgan fingerprint density at radius 1 is 1.17 bits per heavy atom. The van der Waals surface area contributed by atoms with Gasteiger partial charge in [0.15, 0.2) is 5.82 Å². The van der Waals surface area contributed by atoms with E-state index >= 15 is 0 Å². The first-order valence-corrected chi connectivity index (χ1v) is 11.5. The molecule has 4 rings (SSSR count). The summed E-state index contributed by atoms with van der Waals surface area (Å²) in [7, 11) is 2.09. The number of benzene rings is 1. The van der Waals surface area contributed by atoms with Gasteiger partial charge in [0.2, 0.25) is 5.91 Å². The number of aromatic nitrogens is 2. The van der Waals surface area contributed by atoms with Gasteiger partial charge in [-0.1, -0.05) is 56.0 Å². The van der Waals surface area contributed by atoms with Crippen LogP contribution >= 0.6 is 0 Å². The third-order valence-corrected chi connectivity index (χ3v) is 6.77. The van der Waals surface area contributed by atoms with Crippen molar-refractivity contribution in [2.24, 2.45) is 5.92 Å². The van der Waals surface area contributed by atoms with Gasteiger partial charge in [-0.25, -0.2) is 9.97 Å². The van der Waals surface area contributed by atoms with Crippen molar-refractivity contribution in [2.45, 2.75) is 71.4 Å². The average molecular weight is 407 g/mol. The van der Waals surface area contributed by atoms with Gasteiger partial charge in [-0.3, -0.25) is 4.79 Å². The summed E-state index contributed by atoms with van der Waals surface area (Å²) < 4.78 is 0. The fraction of sp³-hybridized carbons (Fsp3) is 0.560. The molecule has 0 bridgehead atoms. The molecule has 160 valence electrons. The van der Waals surface area contributed by atoms with E-state index in [1.54, 1.807) is 0 Å². The highest BCUT2D eigenvalue weighted by atomic mass is 16.2. The molecule has 0 saturated heterocycles. The number of carbonyl (C=O) groups excluding carboxylic acids is 1. The van der Waals surface area contributed by atoms with Crippen LogP contribution in [0.1, 0.15) is 63.6 Å². The number of hydrogen-bond donors (Lipinski definition) is 0. The smallest absolute Gasteiger partial charge is 0.222 e. The van der Waals surface area contributed by atoms with E-state index in [1.165, 1.54) is 25.7 Å². The molecule has 2 aliphatic rings. The topological polar surface area (TPSA) is 49.3 Å². The minimum Gasteiger partial charge on any atom is -0.357 e. The number of fused-ring (bicyclic) bond motifs is 1. The molecule has 2 heterocycles. The molecule has 0 atom stereocenters. The van der Waals surface area contributed by atoms with Crippen LogP contribution in [-0.2, 0) is 17.8 Å². The first-order valence-electron chi connectivity index (χ1n) is 11.5. The molecule has 1 aliphatic heterocycles. The zero-order chi connectivity index (χ0) is 21.1. The van der Waals surface area contributed by atoms with Crippen LogP contribution < -0.4 is 4.90 Å². The molecule has 1 fully saturated rings. The second-order valence-electron chi connectivity index (χ2n) is 9.12. The summed E-state index contributed by atoms with van der Waals surface area (Å²) in [6, 6.07) is 10.5. The van der Waals surface area contributed by atoms with Crippen molar-refractivity contribution >= 4 is 11.7 Å². The maximum absolute atomic E-state index is 12.9. The molecule has 1 aliphatic carbocycles. The number of nitrogens with zero attached hydrogens (tertiary/aromatic N) is 4. The molecule has 30 heavy (non-hydrogen) atoms. The van der Waals surface area contributed by atoms with Crippen LogP contribution in [0, 0.1) is 5.92 Å². The fourth-order valence-electron chi connectivity index (χ4n) is 4.65. The molecule has 0 N–H and O–H groups in total. The summed E-state index contributed by atoms with van der Waals surface area (Å²) in [5, 5.41) is 0. The highest BCUT2D eigenvalue weighted by Gasteiger charge is 2.28. The van der Waals surface area contributed by atoms with Crippen LogP contribution in [0.3, 0.4) is 0 Å². The van der Waals surface area contributed by atoms with Crippen LogP contribution in [0.5, 0.6) is 0 Å². The highest BCUT2D eigenvalue weighted by Crippen LogP contribution is 2.32. The van der Waals surface area contributed by atoms with E-state index in [9.17, 15) is 4.79 Å². The van der Waals surface area contributed by atoms with E-state index in [0.717, 1.165) is 53.8 Å². The van der Waals surface area contributed by atoms with E-state index in [1.807, 2.05) is 23.1 Å². The van der Waals surface area contributed by atoms with E-state index in [0.29, 0.717) is 19.0 Å².